The molecule has 200 valence electrons. The number of benzene rings is 2. The van der Waals surface area contributed by atoms with E-state index in [0.29, 0.717) is 12.8 Å². The third-order valence-electron chi connectivity index (χ3n) is 6.30. The summed E-state index contributed by atoms with van der Waals surface area (Å²) in [4.78, 5) is 22.4. The van der Waals surface area contributed by atoms with Crippen LogP contribution in [0.1, 0.15) is 51.7 Å². The molecule has 2 unspecified atom stereocenters. The highest BCUT2D eigenvalue weighted by Gasteiger charge is 2.22. The SMILES string of the molecule is COc1ccc(C=C(C)C2=NNC(=O)CC2C)cc1.COc1cccc(C=C(C)C2=NNC(=O)CC2C)c1. The van der Waals surface area contributed by atoms with Crippen LogP contribution in [0.5, 0.6) is 11.5 Å². The van der Waals surface area contributed by atoms with E-state index in [1.807, 2.05) is 76.2 Å². The van der Waals surface area contributed by atoms with Crippen LogP contribution in [-0.2, 0) is 9.59 Å². The maximum Gasteiger partial charge on any atom is 0.240 e. The lowest BCUT2D eigenvalue weighted by Crippen LogP contribution is -2.31. The number of hydrazone groups is 2. The first kappa shape index (κ1) is 28.4. The fraction of sp³-hybridized carbons (Fsp3) is 0.333. The van der Waals surface area contributed by atoms with Crippen molar-refractivity contribution in [1.82, 2.24) is 10.9 Å². The zero-order valence-electron chi connectivity index (χ0n) is 22.9. The molecule has 0 radical (unpaired) electrons. The summed E-state index contributed by atoms with van der Waals surface area (Å²) in [6, 6.07) is 15.7. The molecule has 0 fully saturated rings. The van der Waals surface area contributed by atoms with Crippen molar-refractivity contribution < 1.29 is 19.1 Å². The summed E-state index contributed by atoms with van der Waals surface area (Å²) in [6.07, 6.45) is 5.09. The van der Waals surface area contributed by atoms with E-state index in [2.05, 4.69) is 33.2 Å². The van der Waals surface area contributed by atoms with Crippen molar-refractivity contribution in [3.8, 4) is 11.5 Å². The molecule has 2 aliphatic rings. The Balaban J connectivity index is 0.000000211. The first-order chi connectivity index (χ1) is 18.2. The molecule has 2 atom stereocenters. The Kier molecular flexibility index (Phi) is 9.99. The normalized spacial score (nSPS) is 19.7. The van der Waals surface area contributed by atoms with Gasteiger partial charge >= 0.3 is 0 Å². The minimum atomic E-state index is -0.0227. The van der Waals surface area contributed by atoms with Crippen molar-refractivity contribution in [2.75, 3.05) is 14.2 Å². The molecule has 0 saturated heterocycles. The van der Waals surface area contributed by atoms with Crippen LogP contribution in [0, 0.1) is 11.8 Å². The molecule has 0 bridgehead atoms. The molecular formula is C30H36N4O4. The maximum absolute atomic E-state index is 11.2. The van der Waals surface area contributed by atoms with E-state index in [1.54, 1.807) is 14.2 Å². The van der Waals surface area contributed by atoms with Gasteiger partial charge in [-0.15, -0.1) is 0 Å². The summed E-state index contributed by atoms with van der Waals surface area (Å²) in [5, 5.41) is 8.29. The highest BCUT2D eigenvalue weighted by Crippen LogP contribution is 2.21. The molecule has 0 aromatic heterocycles. The number of nitrogens with one attached hydrogen (secondary N) is 2. The summed E-state index contributed by atoms with van der Waals surface area (Å²) < 4.78 is 10.3. The lowest BCUT2D eigenvalue weighted by Gasteiger charge is -2.19. The predicted octanol–water partition coefficient (Wildman–Crippen LogP) is 5.22. The minimum Gasteiger partial charge on any atom is -0.497 e. The van der Waals surface area contributed by atoms with Crippen LogP contribution in [0.3, 0.4) is 0 Å². The van der Waals surface area contributed by atoms with E-state index in [9.17, 15) is 9.59 Å². The molecule has 2 aromatic rings. The zero-order chi connectivity index (χ0) is 27.7. The lowest BCUT2D eigenvalue weighted by molar-refractivity contribution is -0.122. The highest BCUT2D eigenvalue weighted by molar-refractivity contribution is 6.08. The molecule has 38 heavy (non-hydrogen) atoms. The van der Waals surface area contributed by atoms with Gasteiger partial charge in [-0.2, -0.15) is 10.2 Å². The standard InChI is InChI=1S/2C15H18N2O2/c1-10(15-11(2)9-14(18)16-17-15)8-12-4-6-13(19-3)7-5-12;1-10(15-11(2)8-14(18)16-17-15)7-12-5-4-6-13(9-12)19-3/h4-8,11H,9H2,1-3H3,(H,16,18);4-7,9,11H,8H2,1-3H3,(H,16,18). The van der Waals surface area contributed by atoms with Crippen LogP contribution in [0.15, 0.2) is 69.9 Å². The first-order valence-electron chi connectivity index (χ1n) is 12.6. The Morgan fingerprint density at radius 2 is 1.26 bits per heavy atom. The van der Waals surface area contributed by atoms with E-state index in [-0.39, 0.29) is 23.7 Å². The first-order valence-corrected chi connectivity index (χ1v) is 12.6. The second-order valence-electron chi connectivity index (χ2n) is 9.48. The Bertz CT molecular complexity index is 1280. The summed E-state index contributed by atoms with van der Waals surface area (Å²) in [5.41, 5.74) is 11.2. The molecule has 0 spiro atoms. The van der Waals surface area contributed by atoms with Gasteiger partial charge in [0, 0.05) is 24.7 Å². The minimum absolute atomic E-state index is 0.0199. The number of nitrogens with zero attached hydrogens (tertiary/aromatic N) is 2. The van der Waals surface area contributed by atoms with Crippen LogP contribution < -0.4 is 20.3 Å². The number of hydrogen-bond donors (Lipinski definition) is 2. The van der Waals surface area contributed by atoms with Crippen LogP contribution >= 0.6 is 0 Å². The molecule has 2 aromatic carbocycles. The van der Waals surface area contributed by atoms with E-state index in [0.717, 1.165) is 45.2 Å². The maximum atomic E-state index is 11.2. The molecule has 0 aliphatic carbocycles. The smallest absolute Gasteiger partial charge is 0.240 e. The molecule has 4 rings (SSSR count). The monoisotopic (exact) mass is 516 g/mol. The van der Waals surface area contributed by atoms with Gasteiger partial charge < -0.3 is 9.47 Å². The number of carbonyl (C=O) groups excluding carboxylic acids is 2. The molecular weight excluding hydrogens is 480 g/mol. The second kappa shape index (κ2) is 13.4. The Morgan fingerprint density at radius 3 is 1.74 bits per heavy atom. The van der Waals surface area contributed by atoms with Gasteiger partial charge in [0.25, 0.3) is 0 Å². The topological polar surface area (TPSA) is 101 Å². The van der Waals surface area contributed by atoms with Gasteiger partial charge in [0.1, 0.15) is 11.5 Å². The van der Waals surface area contributed by atoms with Crippen LogP contribution in [-0.4, -0.2) is 37.5 Å². The number of amides is 2. The van der Waals surface area contributed by atoms with Crippen molar-refractivity contribution >= 4 is 35.4 Å². The highest BCUT2D eigenvalue weighted by atomic mass is 16.5. The van der Waals surface area contributed by atoms with Gasteiger partial charge in [0.2, 0.25) is 11.8 Å². The summed E-state index contributed by atoms with van der Waals surface area (Å²) in [5.74, 6) is 1.93. The molecule has 8 heteroatoms. The fourth-order valence-corrected chi connectivity index (χ4v) is 4.34. The third-order valence-corrected chi connectivity index (χ3v) is 6.30. The number of hydrogen-bond acceptors (Lipinski definition) is 6. The van der Waals surface area contributed by atoms with Gasteiger partial charge in [0.05, 0.1) is 25.6 Å². The molecule has 8 nitrogen and oxygen atoms in total. The molecule has 2 heterocycles. The quantitative estimate of drug-likeness (QED) is 0.550. The van der Waals surface area contributed by atoms with Crippen LogP contribution in [0.25, 0.3) is 12.2 Å². The molecule has 2 amide bonds. The van der Waals surface area contributed by atoms with Crippen molar-refractivity contribution in [3.63, 3.8) is 0 Å². The average molecular weight is 517 g/mol. The van der Waals surface area contributed by atoms with Crippen molar-refractivity contribution in [2.45, 2.75) is 40.5 Å². The average Bonchev–Trinajstić information content (AvgIpc) is 2.89. The summed E-state index contributed by atoms with van der Waals surface area (Å²) in [6.45, 7) is 8.05. The Morgan fingerprint density at radius 1 is 0.763 bits per heavy atom. The van der Waals surface area contributed by atoms with E-state index >= 15 is 0 Å². The molecule has 2 N–H and O–H groups in total. The third kappa shape index (κ3) is 7.90. The number of allylic oxidation sites excluding steroid dienone is 2. The lowest BCUT2D eigenvalue weighted by atomic mass is 9.93. The van der Waals surface area contributed by atoms with Crippen molar-refractivity contribution in [3.05, 3.63) is 70.8 Å². The predicted molar refractivity (Wildman–Crippen MR) is 152 cm³/mol. The summed E-state index contributed by atoms with van der Waals surface area (Å²) >= 11 is 0. The Hall–Kier alpha value is -4.20. The number of rotatable bonds is 6. The van der Waals surface area contributed by atoms with Crippen LogP contribution in [0.4, 0.5) is 0 Å². The molecule has 0 saturated carbocycles. The van der Waals surface area contributed by atoms with Gasteiger partial charge in [-0.25, -0.2) is 10.9 Å². The summed E-state index contributed by atoms with van der Waals surface area (Å²) in [7, 11) is 3.30. The van der Waals surface area contributed by atoms with Crippen molar-refractivity contribution in [1.29, 1.82) is 0 Å². The largest absolute Gasteiger partial charge is 0.497 e. The molecule has 2 aliphatic heterocycles. The Labute approximate surface area is 224 Å². The van der Waals surface area contributed by atoms with Gasteiger partial charge in [-0.1, -0.05) is 50.3 Å². The number of ether oxygens (including phenoxy) is 2. The zero-order valence-corrected chi connectivity index (χ0v) is 22.9. The van der Waals surface area contributed by atoms with Crippen molar-refractivity contribution in [2.24, 2.45) is 22.0 Å². The van der Waals surface area contributed by atoms with Gasteiger partial charge in [0.15, 0.2) is 0 Å². The van der Waals surface area contributed by atoms with Gasteiger partial charge in [-0.3, -0.25) is 9.59 Å². The van der Waals surface area contributed by atoms with Gasteiger partial charge in [-0.05, 0) is 60.4 Å². The number of carbonyl (C=O) groups is 2. The van der Waals surface area contributed by atoms with E-state index < -0.39 is 0 Å². The van der Waals surface area contributed by atoms with E-state index in [1.165, 1.54) is 0 Å². The van der Waals surface area contributed by atoms with E-state index in [4.69, 9.17) is 9.47 Å². The number of methoxy groups -OCH3 is 2. The fourth-order valence-electron chi connectivity index (χ4n) is 4.34. The van der Waals surface area contributed by atoms with Crippen LogP contribution in [0.2, 0.25) is 0 Å². The second-order valence-corrected chi connectivity index (χ2v) is 9.48.